The van der Waals surface area contributed by atoms with Gasteiger partial charge in [-0.1, -0.05) is 12.1 Å². The molecule has 3 aromatic rings. The number of nitrogens with zero attached hydrogens (tertiary/aromatic N) is 2. The summed E-state index contributed by atoms with van der Waals surface area (Å²) >= 11 is 0. The lowest BCUT2D eigenvalue weighted by Gasteiger charge is -2.18. The molecule has 0 aliphatic carbocycles. The molecule has 0 saturated carbocycles. The van der Waals surface area contributed by atoms with Crippen LogP contribution in [0.4, 0.5) is 11.5 Å². The maximum atomic E-state index is 5.75. The Hall–Kier alpha value is -2.99. The van der Waals surface area contributed by atoms with Crippen LogP contribution in [0.15, 0.2) is 42.6 Å². The predicted molar refractivity (Wildman–Crippen MR) is 117 cm³/mol. The Bertz CT molecular complexity index is 939. The van der Waals surface area contributed by atoms with E-state index in [1.165, 1.54) is 0 Å². The molecule has 0 spiro atoms. The number of hydrogen-bond acceptors (Lipinski definition) is 6. The van der Waals surface area contributed by atoms with Crippen molar-refractivity contribution in [3.63, 3.8) is 0 Å². The van der Waals surface area contributed by atoms with Gasteiger partial charge in [0.25, 0.3) is 0 Å². The fraction of sp³-hybridized carbons (Fsp3) is 0.318. The molecule has 1 aromatic heterocycles. The second-order valence-corrected chi connectivity index (χ2v) is 6.75. The lowest BCUT2D eigenvalue weighted by molar-refractivity contribution is 0.358. The Morgan fingerprint density at radius 2 is 1.79 bits per heavy atom. The first-order chi connectivity index (χ1) is 13.6. The molecule has 148 valence electrons. The number of benzene rings is 2. The molecule has 6 heteroatoms. The molecule has 3 N–H and O–H groups in total. The van der Waals surface area contributed by atoms with Crippen molar-refractivity contribution in [2.24, 2.45) is 5.73 Å². The average molecular weight is 380 g/mol. The van der Waals surface area contributed by atoms with Crippen LogP contribution in [-0.2, 0) is 0 Å². The van der Waals surface area contributed by atoms with Gasteiger partial charge in [0.15, 0.2) is 11.5 Å². The molecule has 3 rings (SSSR count). The zero-order valence-corrected chi connectivity index (χ0v) is 17.0. The summed E-state index contributed by atoms with van der Waals surface area (Å²) in [7, 11) is 7.37. The number of methoxy groups -OCH3 is 2. The number of hydrogen-bond donors (Lipinski definition) is 2. The Kier molecular flexibility index (Phi) is 6.21. The third kappa shape index (κ3) is 3.82. The molecular formula is C22H28N4O2. The lowest BCUT2D eigenvalue weighted by atomic mass is 9.98. The van der Waals surface area contributed by atoms with E-state index < -0.39 is 0 Å². The van der Waals surface area contributed by atoms with Gasteiger partial charge in [-0.15, -0.1) is 0 Å². The van der Waals surface area contributed by atoms with E-state index in [0.717, 1.165) is 46.4 Å². The van der Waals surface area contributed by atoms with Crippen LogP contribution in [0.1, 0.15) is 6.42 Å². The van der Waals surface area contributed by atoms with Gasteiger partial charge in [0, 0.05) is 48.9 Å². The van der Waals surface area contributed by atoms with E-state index in [9.17, 15) is 0 Å². The van der Waals surface area contributed by atoms with Gasteiger partial charge in [-0.05, 0) is 42.8 Å². The maximum Gasteiger partial charge on any atom is 0.169 e. The van der Waals surface area contributed by atoms with Crippen molar-refractivity contribution < 1.29 is 9.47 Å². The number of fused-ring (bicyclic) bond motifs is 1. The van der Waals surface area contributed by atoms with Crippen LogP contribution in [-0.4, -0.2) is 46.4 Å². The summed E-state index contributed by atoms with van der Waals surface area (Å²) in [6.45, 7) is 1.40. The lowest BCUT2D eigenvalue weighted by Crippen LogP contribution is -2.10. The molecule has 0 unspecified atom stereocenters. The van der Waals surface area contributed by atoms with Crippen molar-refractivity contribution in [3.8, 4) is 22.6 Å². The third-order valence-corrected chi connectivity index (χ3v) is 4.76. The number of rotatable bonds is 8. The van der Waals surface area contributed by atoms with Crippen molar-refractivity contribution in [1.29, 1.82) is 0 Å². The molecular weight excluding hydrogens is 352 g/mol. The van der Waals surface area contributed by atoms with Crippen molar-refractivity contribution in [1.82, 2.24) is 4.98 Å². The Morgan fingerprint density at radius 1 is 1.04 bits per heavy atom. The standard InChI is InChI=1S/C22H28N4O2/c1-26(2)16-8-6-15(7-9-16)18-14-25-22(24-13-5-12-23)17-10-11-19(27-3)21(28-4)20(17)18/h6-11,14H,5,12-13,23H2,1-4H3,(H,24,25). The summed E-state index contributed by atoms with van der Waals surface area (Å²) in [6.07, 6.45) is 2.77. The number of ether oxygens (including phenoxy) is 2. The van der Waals surface area contributed by atoms with Crippen LogP contribution in [0.2, 0.25) is 0 Å². The largest absolute Gasteiger partial charge is 0.493 e. The third-order valence-electron chi connectivity index (χ3n) is 4.76. The molecule has 0 atom stereocenters. The van der Waals surface area contributed by atoms with Gasteiger partial charge in [-0.25, -0.2) is 4.98 Å². The molecule has 0 aliphatic heterocycles. The van der Waals surface area contributed by atoms with E-state index in [0.29, 0.717) is 18.0 Å². The van der Waals surface area contributed by atoms with Crippen LogP contribution < -0.4 is 25.4 Å². The van der Waals surface area contributed by atoms with Crippen LogP contribution in [0.3, 0.4) is 0 Å². The smallest absolute Gasteiger partial charge is 0.169 e. The molecule has 1 heterocycles. The van der Waals surface area contributed by atoms with Crippen LogP contribution in [0.25, 0.3) is 21.9 Å². The quantitative estimate of drug-likeness (QED) is 0.580. The first-order valence-corrected chi connectivity index (χ1v) is 9.36. The molecule has 0 amide bonds. The van der Waals surface area contributed by atoms with Gasteiger partial charge < -0.3 is 25.4 Å². The maximum absolute atomic E-state index is 5.75. The average Bonchev–Trinajstić information content (AvgIpc) is 2.73. The monoisotopic (exact) mass is 380 g/mol. The first kappa shape index (κ1) is 19.8. The van der Waals surface area contributed by atoms with Gasteiger partial charge in [-0.2, -0.15) is 0 Å². The van der Waals surface area contributed by atoms with E-state index in [1.807, 2.05) is 32.4 Å². The number of anilines is 2. The molecule has 28 heavy (non-hydrogen) atoms. The predicted octanol–water partition coefficient (Wildman–Crippen LogP) is 3.75. The number of aromatic nitrogens is 1. The van der Waals surface area contributed by atoms with E-state index in [-0.39, 0.29) is 0 Å². The highest BCUT2D eigenvalue weighted by Gasteiger charge is 2.17. The summed E-state index contributed by atoms with van der Waals surface area (Å²) < 4.78 is 11.3. The second kappa shape index (κ2) is 8.80. The number of nitrogens with two attached hydrogens (primary N) is 1. The van der Waals surface area contributed by atoms with Gasteiger partial charge in [0.1, 0.15) is 5.82 Å². The minimum absolute atomic E-state index is 0.637. The van der Waals surface area contributed by atoms with Crippen LogP contribution in [0.5, 0.6) is 11.5 Å². The van der Waals surface area contributed by atoms with Gasteiger partial charge in [-0.3, -0.25) is 0 Å². The van der Waals surface area contributed by atoms with Crippen molar-refractivity contribution in [2.45, 2.75) is 6.42 Å². The molecule has 0 radical (unpaired) electrons. The van der Waals surface area contributed by atoms with Crippen LogP contribution >= 0.6 is 0 Å². The first-order valence-electron chi connectivity index (χ1n) is 9.36. The van der Waals surface area contributed by atoms with E-state index >= 15 is 0 Å². The SMILES string of the molecule is COc1ccc2c(NCCCN)ncc(-c3ccc(N(C)C)cc3)c2c1OC. The second-order valence-electron chi connectivity index (χ2n) is 6.75. The molecule has 0 bridgehead atoms. The Labute approximate surface area is 166 Å². The van der Waals surface area contributed by atoms with E-state index in [2.05, 4.69) is 39.5 Å². The Balaban J connectivity index is 2.20. The van der Waals surface area contributed by atoms with Gasteiger partial charge in [0.05, 0.1) is 14.2 Å². The van der Waals surface area contributed by atoms with Crippen molar-refractivity contribution >= 4 is 22.3 Å². The molecule has 0 saturated heterocycles. The number of pyridine rings is 1. The summed E-state index contributed by atoms with van der Waals surface area (Å²) in [5.74, 6) is 2.22. The zero-order valence-electron chi connectivity index (χ0n) is 17.0. The summed E-state index contributed by atoms with van der Waals surface area (Å²) in [6, 6.07) is 12.3. The fourth-order valence-electron chi connectivity index (χ4n) is 3.26. The fourth-order valence-corrected chi connectivity index (χ4v) is 3.26. The van der Waals surface area contributed by atoms with Gasteiger partial charge >= 0.3 is 0 Å². The highest BCUT2D eigenvalue weighted by Crippen LogP contribution is 2.43. The zero-order chi connectivity index (χ0) is 20.1. The topological polar surface area (TPSA) is 72.6 Å². The summed E-state index contributed by atoms with van der Waals surface area (Å²) in [4.78, 5) is 6.76. The van der Waals surface area contributed by atoms with E-state index in [1.54, 1.807) is 14.2 Å². The van der Waals surface area contributed by atoms with Crippen molar-refractivity contribution in [3.05, 3.63) is 42.6 Å². The van der Waals surface area contributed by atoms with Gasteiger partial charge in [0.2, 0.25) is 0 Å². The van der Waals surface area contributed by atoms with E-state index in [4.69, 9.17) is 15.2 Å². The van der Waals surface area contributed by atoms with Crippen molar-refractivity contribution in [2.75, 3.05) is 51.6 Å². The molecule has 2 aromatic carbocycles. The molecule has 0 fully saturated rings. The normalized spacial score (nSPS) is 10.8. The highest BCUT2D eigenvalue weighted by molar-refractivity contribution is 6.06. The number of nitrogens with one attached hydrogen (secondary N) is 1. The van der Waals surface area contributed by atoms with Crippen LogP contribution in [0, 0.1) is 0 Å². The summed E-state index contributed by atoms with van der Waals surface area (Å²) in [5.41, 5.74) is 8.84. The minimum atomic E-state index is 0.637. The highest BCUT2D eigenvalue weighted by atomic mass is 16.5. The summed E-state index contributed by atoms with van der Waals surface area (Å²) in [5, 5.41) is 5.35. The molecule has 6 nitrogen and oxygen atoms in total. The molecule has 0 aliphatic rings. The minimum Gasteiger partial charge on any atom is -0.493 e. The Morgan fingerprint density at radius 3 is 2.39 bits per heavy atom.